The van der Waals surface area contributed by atoms with E-state index in [0.29, 0.717) is 0 Å². The molecule has 0 aliphatic carbocycles. The van der Waals surface area contributed by atoms with Gasteiger partial charge in [0.05, 0.1) is 23.9 Å². The smallest absolute Gasteiger partial charge is 0.130 e. The molecule has 0 aliphatic heterocycles. The number of anilines is 1. The zero-order chi connectivity index (χ0) is 17.4. The molecule has 0 bridgehead atoms. The van der Waals surface area contributed by atoms with Gasteiger partial charge in [0.25, 0.3) is 0 Å². The molecule has 124 valence electrons. The Hall–Kier alpha value is -3.41. The normalized spacial score (nSPS) is 11.0. The number of fused-ring (bicyclic) bond motifs is 1. The lowest BCUT2D eigenvalue weighted by Gasteiger charge is -2.09. The summed E-state index contributed by atoms with van der Waals surface area (Å²) in [5.74, 6) is 0.741. The number of aryl methyl sites for hydroxylation is 2. The van der Waals surface area contributed by atoms with E-state index in [4.69, 9.17) is 0 Å². The Bertz CT molecular complexity index is 1070. The van der Waals surface area contributed by atoms with Crippen LogP contribution in [0.4, 0.5) is 5.82 Å². The monoisotopic (exact) mass is 330 g/mol. The minimum absolute atomic E-state index is 0.718. The molecular weight excluding hydrogens is 312 g/mol. The van der Waals surface area contributed by atoms with E-state index < -0.39 is 0 Å². The molecule has 3 heterocycles. The summed E-state index contributed by atoms with van der Waals surface area (Å²) < 4.78 is 3.75. The fraction of sp³-hybridized carbons (Fsp3) is 0.105. The summed E-state index contributed by atoms with van der Waals surface area (Å²) in [6, 6.07) is 10.2. The summed E-state index contributed by atoms with van der Waals surface area (Å²) in [6.45, 7) is 4.04. The van der Waals surface area contributed by atoms with Crippen molar-refractivity contribution in [1.82, 2.24) is 24.3 Å². The van der Waals surface area contributed by atoms with E-state index in [2.05, 4.69) is 45.2 Å². The van der Waals surface area contributed by atoms with Crippen molar-refractivity contribution in [3.05, 3.63) is 67.5 Å². The molecule has 0 amide bonds. The van der Waals surface area contributed by atoms with Gasteiger partial charge in [0, 0.05) is 37.4 Å². The second-order valence-electron chi connectivity index (χ2n) is 6.00. The molecule has 3 aromatic heterocycles. The van der Waals surface area contributed by atoms with Crippen molar-refractivity contribution in [3.8, 4) is 11.3 Å². The van der Waals surface area contributed by atoms with E-state index in [1.807, 2.05) is 49.4 Å². The van der Waals surface area contributed by atoms with Gasteiger partial charge in [-0.3, -0.25) is 4.68 Å². The number of benzene rings is 1. The van der Waals surface area contributed by atoms with Crippen LogP contribution in [0.25, 0.3) is 27.7 Å². The number of hydrogen-bond acceptors (Lipinski definition) is 4. The molecular formula is C19H18N6. The van der Waals surface area contributed by atoms with Gasteiger partial charge >= 0.3 is 0 Å². The van der Waals surface area contributed by atoms with Gasteiger partial charge in [-0.05, 0) is 23.6 Å². The van der Waals surface area contributed by atoms with Gasteiger partial charge in [0.2, 0.25) is 0 Å². The Morgan fingerprint density at radius 2 is 1.96 bits per heavy atom. The highest BCUT2D eigenvalue weighted by atomic mass is 15.3. The average molecular weight is 330 g/mol. The molecule has 25 heavy (non-hydrogen) atoms. The van der Waals surface area contributed by atoms with E-state index in [-0.39, 0.29) is 0 Å². The van der Waals surface area contributed by atoms with Crippen molar-refractivity contribution < 1.29 is 0 Å². The lowest BCUT2D eigenvalue weighted by Crippen LogP contribution is -2.01. The summed E-state index contributed by atoms with van der Waals surface area (Å²) in [7, 11) is 3.87. The SMILES string of the molecule is C=C(Nc1cc2cc(-c3cncn3C)ccc2cn1)c1ccn(C)n1. The average Bonchev–Trinajstić information content (AvgIpc) is 3.22. The van der Waals surface area contributed by atoms with Gasteiger partial charge in [-0.1, -0.05) is 18.7 Å². The molecule has 1 aromatic carbocycles. The summed E-state index contributed by atoms with van der Waals surface area (Å²) in [6.07, 6.45) is 7.41. The second-order valence-corrected chi connectivity index (χ2v) is 6.00. The zero-order valence-corrected chi connectivity index (χ0v) is 14.1. The number of nitrogens with zero attached hydrogens (tertiary/aromatic N) is 5. The highest BCUT2D eigenvalue weighted by Crippen LogP contribution is 2.25. The third kappa shape index (κ3) is 2.89. The van der Waals surface area contributed by atoms with Crippen molar-refractivity contribution in [3.63, 3.8) is 0 Å². The topological polar surface area (TPSA) is 60.6 Å². The number of pyridine rings is 1. The maximum atomic E-state index is 4.47. The first-order valence-corrected chi connectivity index (χ1v) is 7.92. The van der Waals surface area contributed by atoms with E-state index >= 15 is 0 Å². The largest absolute Gasteiger partial charge is 0.339 e. The van der Waals surface area contributed by atoms with Crippen molar-refractivity contribution in [2.45, 2.75) is 0 Å². The molecule has 0 spiro atoms. The predicted octanol–water partition coefficient (Wildman–Crippen LogP) is 3.45. The summed E-state index contributed by atoms with van der Waals surface area (Å²) >= 11 is 0. The molecule has 0 fully saturated rings. The Kier molecular flexibility index (Phi) is 3.57. The van der Waals surface area contributed by atoms with Crippen LogP contribution in [0.15, 0.2) is 61.8 Å². The van der Waals surface area contributed by atoms with Gasteiger partial charge in [-0.25, -0.2) is 9.97 Å². The maximum Gasteiger partial charge on any atom is 0.130 e. The van der Waals surface area contributed by atoms with Crippen LogP contribution in [-0.4, -0.2) is 24.3 Å². The first-order chi connectivity index (χ1) is 12.1. The Morgan fingerprint density at radius 1 is 1.08 bits per heavy atom. The van der Waals surface area contributed by atoms with Crippen LogP contribution in [-0.2, 0) is 14.1 Å². The minimum atomic E-state index is 0.718. The molecule has 6 heteroatoms. The van der Waals surface area contributed by atoms with Crippen molar-refractivity contribution >= 4 is 22.3 Å². The van der Waals surface area contributed by atoms with Crippen LogP contribution in [0.3, 0.4) is 0 Å². The van der Waals surface area contributed by atoms with E-state index in [1.54, 1.807) is 11.0 Å². The molecule has 0 saturated heterocycles. The first kappa shape index (κ1) is 15.1. The maximum absolute atomic E-state index is 4.47. The van der Waals surface area contributed by atoms with Crippen molar-refractivity contribution in [1.29, 1.82) is 0 Å². The zero-order valence-electron chi connectivity index (χ0n) is 14.1. The van der Waals surface area contributed by atoms with E-state index in [1.165, 1.54) is 0 Å². The first-order valence-electron chi connectivity index (χ1n) is 7.92. The number of nitrogens with one attached hydrogen (secondary N) is 1. The van der Waals surface area contributed by atoms with Gasteiger partial charge in [0.15, 0.2) is 0 Å². The van der Waals surface area contributed by atoms with Gasteiger partial charge < -0.3 is 9.88 Å². The van der Waals surface area contributed by atoms with E-state index in [0.717, 1.165) is 39.2 Å². The van der Waals surface area contributed by atoms with Gasteiger partial charge in [0.1, 0.15) is 11.5 Å². The molecule has 6 nitrogen and oxygen atoms in total. The van der Waals surface area contributed by atoms with Crippen molar-refractivity contribution in [2.24, 2.45) is 14.1 Å². The van der Waals surface area contributed by atoms with Crippen LogP contribution >= 0.6 is 0 Å². The number of hydrogen-bond donors (Lipinski definition) is 1. The fourth-order valence-electron chi connectivity index (χ4n) is 2.80. The summed E-state index contributed by atoms with van der Waals surface area (Å²) in [5.41, 5.74) is 3.71. The fourth-order valence-corrected chi connectivity index (χ4v) is 2.80. The Balaban J connectivity index is 1.67. The predicted molar refractivity (Wildman–Crippen MR) is 99.8 cm³/mol. The number of aromatic nitrogens is 5. The lowest BCUT2D eigenvalue weighted by molar-refractivity contribution is 0.763. The number of rotatable bonds is 4. The minimum Gasteiger partial charge on any atom is -0.339 e. The third-order valence-electron chi connectivity index (χ3n) is 4.14. The lowest BCUT2D eigenvalue weighted by atomic mass is 10.1. The molecule has 0 aliphatic rings. The third-order valence-corrected chi connectivity index (χ3v) is 4.14. The molecule has 0 atom stereocenters. The molecule has 4 aromatic rings. The molecule has 0 radical (unpaired) electrons. The highest BCUT2D eigenvalue weighted by Gasteiger charge is 2.07. The number of imidazole rings is 1. The van der Waals surface area contributed by atoms with Gasteiger partial charge in [-0.2, -0.15) is 5.10 Å². The molecule has 0 saturated carbocycles. The standard InChI is InChI=1S/C19H18N6/c1-13(17-6-7-25(3)23-17)22-19-9-16-8-14(4-5-15(16)10-21-19)18-11-20-12-24(18)2/h4-12H,1H2,2-3H3,(H,21,22). The van der Waals surface area contributed by atoms with Crippen LogP contribution in [0.2, 0.25) is 0 Å². The van der Waals surface area contributed by atoms with Crippen LogP contribution in [0.5, 0.6) is 0 Å². The van der Waals surface area contributed by atoms with Crippen LogP contribution < -0.4 is 5.32 Å². The highest BCUT2D eigenvalue weighted by molar-refractivity contribution is 5.89. The van der Waals surface area contributed by atoms with Crippen LogP contribution in [0, 0.1) is 0 Å². The molecule has 4 rings (SSSR count). The quantitative estimate of drug-likeness (QED) is 0.622. The Labute approximate surface area is 145 Å². The summed E-state index contributed by atoms with van der Waals surface area (Å²) in [4.78, 5) is 8.65. The van der Waals surface area contributed by atoms with E-state index in [9.17, 15) is 0 Å². The van der Waals surface area contributed by atoms with Crippen LogP contribution in [0.1, 0.15) is 5.69 Å². The second kappa shape index (κ2) is 5.90. The molecule has 1 N–H and O–H groups in total. The summed E-state index contributed by atoms with van der Waals surface area (Å²) in [5, 5.41) is 9.76. The molecule has 0 unspecified atom stereocenters. The Morgan fingerprint density at radius 3 is 2.68 bits per heavy atom. The van der Waals surface area contributed by atoms with Gasteiger partial charge in [-0.15, -0.1) is 0 Å². The van der Waals surface area contributed by atoms with Crippen molar-refractivity contribution in [2.75, 3.05) is 5.32 Å².